The molecule has 31 heavy (non-hydrogen) atoms. The van der Waals surface area contributed by atoms with E-state index in [0.717, 1.165) is 11.1 Å². The number of allylic oxidation sites excluding steroid dienone is 1. The molecule has 0 saturated heterocycles. The standard InChI is InChI=1S/C24H21FN2O3S/c1-4-30-23(29)20-15(3)26-24-27(21(20)17-7-5-6-8-18(17)25)22(28)19(31-24)13-16-11-9-14(2)10-12-16/h5-13,21H,4H2,1-3H3/b19-13-/t21-/m1/s1. The summed E-state index contributed by atoms with van der Waals surface area (Å²) < 4.78 is 21.9. The Hall–Kier alpha value is -3.32. The minimum absolute atomic E-state index is 0.164. The second-order valence-corrected chi connectivity index (χ2v) is 8.24. The topological polar surface area (TPSA) is 60.7 Å². The molecule has 0 spiro atoms. The number of benzene rings is 2. The molecular formula is C24H21FN2O3S. The zero-order valence-corrected chi connectivity index (χ0v) is 18.2. The lowest BCUT2D eigenvalue weighted by Gasteiger charge is -2.24. The number of thiazole rings is 1. The molecule has 0 N–H and O–H groups in total. The summed E-state index contributed by atoms with van der Waals surface area (Å²) in [5.74, 6) is -1.11. The van der Waals surface area contributed by atoms with Crippen LogP contribution in [0.25, 0.3) is 6.08 Å². The number of fused-ring (bicyclic) bond motifs is 1. The van der Waals surface area contributed by atoms with Gasteiger partial charge in [-0.2, -0.15) is 0 Å². The van der Waals surface area contributed by atoms with Crippen LogP contribution in [0.1, 0.15) is 36.6 Å². The lowest BCUT2D eigenvalue weighted by molar-refractivity contribution is -0.139. The highest BCUT2D eigenvalue weighted by molar-refractivity contribution is 7.07. The maximum absolute atomic E-state index is 14.8. The van der Waals surface area contributed by atoms with E-state index in [1.807, 2.05) is 31.2 Å². The van der Waals surface area contributed by atoms with E-state index in [-0.39, 0.29) is 23.3 Å². The van der Waals surface area contributed by atoms with E-state index in [9.17, 15) is 14.0 Å². The monoisotopic (exact) mass is 436 g/mol. The summed E-state index contributed by atoms with van der Waals surface area (Å²) in [6.07, 6.45) is 1.78. The highest BCUT2D eigenvalue weighted by atomic mass is 32.1. The molecule has 1 aromatic heterocycles. The molecule has 2 heterocycles. The fraction of sp³-hybridized carbons (Fsp3) is 0.208. The molecule has 1 aliphatic rings. The Kier molecular flexibility index (Phi) is 5.69. The molecule has 0 radical (unpaired) electrons. The third kappa shape index (κ3) is 3.88. The fourth-order valence-electron chi connectivity index (χ4n) is 3.60. The average Bonchev–Trinajstić information content (AvgIpc) is 3.04. The van der Waals surface area contributed by atoms with Gasteiger partial charge < -0.3 is 4.74 Å². The number of esters is 1. The van der Waals surface area contributed by atoms with Crippen LogP contribution in [0.5, 0.6) is 0 Å². The third-order valence-corrected chi connectivity index (χ3v) is 6.07. The molecule has 1 atom stereocenters. The molecule has 158 valence electrons. The van der Waals surface area contributed by atoms with Crippen LogP contribution in [0.15, 0.2) is 69.6 Å². The van der Waals surface area contributed by atoms with Crippen LogP contribution >= 0.6 is 11.3 Å². The molecule has 3 aromatic rings. The van der Waals surface area contributed by atoms with E-state index < -0.39 is 17.8 Å². The van der Waals surface area contributed by atoms with Crippen molar-refractivity contribution in [3.05, 3.63) is 102 Å². The van der Waals surface area contributed by atoms with Crippen molar-refractivity contribution >= 4 is 23.4 Å². The van der Waals surface area contributed by atoms with E-state index in [1.54, 1.807) is 38.1 Å². The van der Waals surface area contributed by atoms with Gasteiger partial charge in [0.15, 0.2) is 4.80 Å². The average molecular weight is 437 g/mol. The second-order valence-electron chi connectivity index (χ2n) is 7.23. The second kappa shape index (κ2) is 8.43. The molecule has 2 aromatic carbocycles. The van der Waals surface area contributed by atoms with Gasteiger partial charge in [0, 0.05) is 5.56 Å². The molecule has 1 aliphatic heterocycles. The van der Waals surface area contributed by atoms with Gasteiger partial charge in [-0.15, -0.1) is 0 Å². The summed E-state index contributed by atoms with van der Waals surface area (Å²) in [5, 5.41) is 0. The minimum atomic E-state index is -0.948. The van der Waals surface area contributed by atoms with Crippen molar-refractivity contribution in [3.8, 4) is 0 Å². The van der Waals surface area contributed by atoms with E-state index in [1.165, 1.54) is 22.0 Å². The van der Waals surface area contributed by atoms with Gasteiger partial charge in [-0.25, -0.2) is 14.2 Å². The molecule has 5 nitrogen and oxygen atoms in total. The molecular weight excluding hydrogens is 415 g/mol. The van der Waals surface area contributed by atoms with Gasteiger partial charge in [0.25, 0.3) is 5.56 Å². The van der Waals surface area contributed by atoms with Gasteiger partial charge in [0.1, 0.15) is 11.9 Å². The molecule has 0 bridgehead atoms. The molecule has 0 fully saturated rings. The van der Waals surface area contributed by atoms with Gasteiger partial charge in [0.2, 0.25) is 0 Å². The number of aromatic nitrogens is 1. The highest BCUT2D eigenvalue weighted by Crippen LogP contribution is 2.32. The quantitative estimate of drug-likeness (QED) is 0.590. The summed E-state index contributed by atoms with van der Waals surface area (Å²) >= 11 is 1.22. The van der Waals surface area contributed by atoms with Crippen LogP contribution in [0, 0.1) is 12.7 Å². The normalized spacial score (nSPS) is 16.1. The first kappa shape index (κ1) is 20.9. The fourth-order valence-corrected chi connectivity index (χ4v) is 4.64. The Morgan fingerprint density at radius 1 is 1.19 bits per heavy atom. The molecule has 7 heteroatoms. The Morgan fingerprint density at radius 2 is 1.90 bits per heavy atom. The van der Waals surface area contributed by atoms with Crippen LogP contribution in [-0.2, 0) is 9.53 Å². The largest absolute Gasteiger partial charge is 0.463 e. The van der Waals surface area contributed by atoms with E-state index in [2.05, 4.69) is 4.99 Å². The number of carbonyl (C=O) groups excluding carboxylic acids is 1. The predicted molar refractivity (Wildman–Crippen MR) is 118 cm³/mol. The van der Waals surface area contributed by atoms with Crippen LogP contribution in [0.4, 0.5) is 4.39 Å². The summed E-state index contributed by atoms with van der Waals surface area (Å²) in [6, 6.07) is 13.0. The molecule has 0 aliphatic carbocycles. The van der Waals surface area contributed by atoms with Gasteiger partial charge >= 0.3 is 5.97 Å². The van der Waals surface area contributed by atoms with E-state index in [0.29, 0.717) is 15.0 Å². The Bertz CT molecular complexity index is 1370. The lowest BCUT2D eigenvalue weighted by Crippen LogP contribution is -2.40. The van der Waals surface area contributed by atoms with Crippen molar-refractivity contribution in [2.45, 2.75) is 26.8 Å². The highest BCUT2D eigenvalue weighted by Gasteiger charge is 2.34. The molecule has 0 saturated carbocycles. The van der Waals surface area contributed by atoms with Gasteiger partial charge in [-0.05, 0) is 38.5 Å². The van der Waals surface area contributed by atoms with Crippen molar-refractivity contribution in [2.75, 3.05) is 6.61 Å². The van der Waals surface area contributed by atoms with Crippen molar-refractivity contribution in [1.82, 2.24) is 4.57 Å². The van der Waals surface area contributed by atoms with E-state index >= 15 is 0 Å². The smallest absolute Gasteiger partial charge is 0.338 e. The minimum Gasteiger partial charge on any atom is -0.463 e. The summed E-state index contributed by atoms with van der Waals surface area (Å²) in [5.41, 5.74) is 2.47. The molecule has 0 amide bonds. The zero-order chi connectivity index (χ0) is 22.1. The first-order valence-electron chi connectivity index (χ1n) is 9.91. The summed E-state index contributed by atoms with van der Waals surface area (Å²) in [7, 11) is 0. The van der Waals surface area contributed by atoms with Gasteiger partial charge in [-0.1, -0.05) is 59.4 Å². The summed E-state index contributed by atoms with van der Waals surface area (Å²) in [6.45, 7) is 5.53. The number of hydrogen-bond acceptors (Lipinski definition) is 5. The first-order chi connectivity index (χ1) is 14.9. The number of aryl methyl sites for hydroxylation is 1. The predicted octanol–water partition coefficient (Wildman–Crippen LogP) is 3.25. The zero-order valence-electron chi connectivity index (χ0n) is 17.4. The van der Waals surface area contributed by atoms with Crippen molar-refractivity contribution in [3.63, 3.8) is 0 Å². The van der Waals surface area contributed by atoms with Crippen LogP contribution in [0.2, 0.25) is 0 Å². The van der Waals surface area contributed by atoms with Crippen LogP contribution < -0.4 is 14.9 Å². The number of hydrogen-bond donors (Lipinski definition) is 0. The van der Waals surface area contributed by atoms with Crippen LogP contribution in [0.3, 0.4) is 0 Å². The number of carbonyl (C=O) groups is 1. The van der Waals surface area contributed by atoms with Gasteiger partial charge in [0.05, 0.1) is 22.4 Å². The number of nitrogens with zero attached hydrogens (tertiary/aromatic N) is 2. The lowest BCUT2D eigenvalue weighted by atomic mass is 9.95. The number of rotatable bonds is 4. The Labute approximate surface area is 182 Å². The van der Waals surface area contributed by atoms with Crippen molar-refractivity contribution < 1.29 is 13.9 Å². The molecule has 4 rings (SSSR count). The first-order valence-corrected chi connectivity index (χ1v) is 10.7. The van der Waals surface area contributed by atoms with Crippen molar-refractivity contribution in [2.24, 2.45) is 4.99 Å². The maximum Gasteiger partial charge on any atom is 0.338 e. The third-order valence-electron chi connectivity index (χ3n) is 5.09. The molecule has 0 unspecified atom stereocenters. The Balaban J connectivity index is 1.97. The van der Waals surface area contributed by atoms with Crippen molar-refractivity contribution in [1.29, 1.82) is 0 Å². The maximum atomic E-state index is 14.8. The Morgan fingerprint density at radius 3 is 2.58 bits per heavy atom. The number of halogens is 1. The van der Waals surface area contributed by atoms with Gasteiger partial charge in [-0.3, -0.25) is 9.36 Å². The van der Waals surface area contributed by atoms with Crippen LogP contribution in [-0.4, -0.2) is 17.1 Å². The number of ether oxygens (including phenoxy) is 1. The summed E-state index contributed by atoms with van der Waals surface area (Å²) in [4.78, 5) is 31.1. The SMILES string of the molecule is CCOC(=O)C1=C(C)N=c2s/c(=C\c3ccc(C)cc3)c(=O)n2[C@@H]1c1ccccc1F. The van der Waals surface area contributed by atoms with E-state index in [4.69, 9.17) is 4.74 Å².